The lowest BCUT2D eigenvalue weighted by Crippen LogP contribution is -2.45. The van der Waals surface area contributed by atoms with Gasteiger partial charge in [0, 0.05) is 13.5 Å². The van der Waals surface area contributed by atoms with Crippen LogP contribution in [-0.4, -0.2) is 49.9 Å². The van der Waals surface area contributed by atoms with Gasteiger partial charge in [0.25, 0.3) is 5.91 Å². The van der Waals surface area contributed by atoms with Gasteiger partial charge in [0.15, 0.2) is 6.61 Å². The van der Waals surface area contributed by atoms with Crippen molar-refractivity contribution < 1.29 is 23.8 Å². The van der Waals surface area contributed by atoms with Crippen molar-refractivity contribution in [2.75, 3.05) is 19.8 Å². The topological polar surface area (TPSA) is 73.9 Å². The molecule has 6 heteroatoms. The molecule has 3 atom stereocenters. The molecule has 16 heavy (non-hydrogen) atoms. The Kier molecular flexibility index (Phi) is 3.40. The van der Waals surface area contributed by atoms with E-state index in [1.54, 1.807) is 0 Å². The minimum absolute atomic E-state index is 0.0544. The average Bonchev–Trinajstić information content (AvgIpc) is 2.80. The first-order chi connectivity index (χ1) is 7.66. The summed E-state index contributed by atoms with van der Waals surface area (Å²) in [4.78, 5) is 21.9. The van der Waals surface area contributed by atoms with E-state index in [0.29, 0.717) is 13.2 Å². The van der Waals surface area contributed by atoms with Gasteiger partial charge >= 0.3 is 5.97 Å². The summed E-state index contributed by atoms with van der Waals surface area (Å²) < 4.78 is 15.5. The molecule has 0 radical (unpaired) electrons. The second kappa shape index (κ2) is 4.80. The minimum Gasteiger partial charge on any atom is -0.456 e. The molecule has 0 aliphatic carbocycles. The van der Waals surface area contributed by atoms with Gasteiger partial charge in [-0.1, -0.05) is 0 Å². The molecule has 0 aromatic rings. The molecule has 2 saturated heterocycles. The summed E-state index contributed by atoms with van der Waals surface area (Å²) in [6.07, 6.45) is 0.918. The largest absolute Gasteiger partial charge is 0.456 e. The van der Waals surface area contributed by atoms with Crippen molar-refractivity contribution in [1.29, 1.82) is 0 Å². The highest BCUT2D eigenvalue weighted by atomic mass is 16.6. The first-order valence-electron chi connectivity index (χ1n) is 5.33. The van der Waals surface area contributed by atoms with Crippen LogP contribution in [0.4, 0.5) is 0 Å². The third-order valence-corrected chi connectivity index (χ3v) is 2.72. The zero-order chi connectivity index (χ0) is 11.5. The average molecular weight is 229 g/mol. The summed E-state index contributed by atoms with van der Waals surface area (Å²) in [5.41, 5.74) is 0. The molecular formula is C10H15NO5. The molecule has 2 aliphatic rings. The summed E-state index contributed by atoms with van der Waals surface area (Å²) in [7, 11) is 0. The number of carbonyl (C=O) groups excluding carboxylic acids is 2. The molecule has 2 rings (SSSR count). The molecule has 0 spiro atoms. The van der Waals surface area contributed by atoms with Crippen LogP contribution in [0.15, 0.2) is 0 Å². The normalized spacial score (nSPS) is 32.2. The Bertz CT molecular complexity index is 293. The minimum atomic E-state index is -0.465. The number of hydrogen-bond acceptors (Lipinski definition) is 5. The Morgan fingerprint density at radius 3 is 3.00 bits per heavy atom. The van der Waals surface area contributed by atoms with Crippen LogP contribution in [0.1, 0.15) is 13.3 Å². The number of esters is 1. The number of carbonyl (C=O) groups is 2. The van der Waals surface area contributed by atoms with Crippen LogP contribution in [-0.2, 0) is 23.8 Å². The van der Waals surface area contributed by atoms with Gasteiger partial charge in [-0.3, -0.25) is 9.59 Å². The van der Waals surface area contributed by atoms with E-state index in [1.807, 2.05) is 0 Å². The Hall–Kier alpha value is -1.14. The van der Waals surface area contributed by atoms with Gasteiger partial charge in [-0.15, -0.1) is 0 Å². The number of nitrogens with one attached hydrogen (secondary N) is 1. The monoisotopic (exact) mass is 229 g/mol. The zero-order valence-corrected chi connectivity index (χ0v) is 9.10. The van der Waals surface area contributed by atoms with Gasteiger partial charge in [0.2, 0.25) is 0 Å². The van der Waals surface area contributed by atoms with Gasteiger partial charge in [0.1, 0.15) is 6.10 Å². The number of hydrogen-bond donors (Lipinski definition) is 1. The van der Waals surface area contributed by atoms with E-state index in [2.05, 4.69) is 10.1 Å². The van der Waals surface area contributed by atoms with E-state index >= 15 is 0 Å². The molecule has 1 N–H and O–H groups in total. The zero-order valence-electron chi connectivity index (χ0n) is 9.10. The Morgan fingerprint density at radius 1 is 1.44 bits per heavy atom. The second-order valence-corrected chi connectivity index (χ2v) is 3.95. The summed E-state index contributed by atoms with van der Waals surface area (Å²) >= 11 is 0. The fraction of sp³-hybridized carbons (Fsp3) is 0.800. The Labute approximate surface area is 93.2 Å². The smallest absolute Gasteiger partial charge is 0.303 e. The van der Waals surface area contributed by atoms with Crippen LogP contribution in [0.5, 0.6) is 0 Å². The van der Waals surface area contributed by atoms with E-state index in [-0.39, 0.29) is 30.8 Å². The van der Waals surface area contributed by atoms with Crippen molar-refractivity contribution in [3.8, 4) is 0 Å². The fourth-order valence-electron chi connectivity index (χ4n) is 2.01. The van der Waals surface area contributed by atoms with Crippen molar-refractivity contribution in [3.63, 3.8) is 0 Å². The van der Waals surface area contributed by atoms with Gasteiger partial charge in [-0.2, -0.15) is 0 Å². The standard InChI is InChI=1S/C10H15NO5/c1-6(12)15-5-9(13)11-7-4-16-8-2-3-14-10(7)8/h7-8,10H,2-5H2,1H3,(H,11,13)/t7-,8?,10?/m1/s1. The van der Waals surface area contributed by atoms with Gasteiger partial charge in [0.05, 0.1) is 18.8 Å². The van der Waals surface area contributed by atoms with E-state index in [1.165, 1.54) is 6.92 Å². The predicted molar refractivity (Wildman–Crippen MR) is 52.7 cm³/mol. The molecule has 0 saturated carbocycles. The molecule has 2 fully saturated rings. The molecule has 2 aliphatic heterocycles. The molecule has 2 unspecified atom stereocenters. The lowest BCUT2D eigenvalue weighted by Gasteiger charge is -2.17. The van der Waals surface area contributed by atoms with Crippen LogP contribution < -0.4 is 5.32 Å². The summed E-state index contributed by atoms with van der Waals surface area (Å²) in [5, 5.41) is 2.74. The lowest BCUT2D eigenvalue weighted by molar-refractivity contribution is -0.146. The van der Waals surface area contributed by atoms with Crippen LogP contribution in [0.3, 0.4) is 0 Å². The van der Waals surface area contributed by atoms with E-state index in [0.717, 1.165) is 6.42 Å². The number of amides is 1. The maximum Gasteiger partial charge on any atom is 0.303 e. The molecule has 0 bridgehead atoms. The van der Waals surface area contributed by atoms with Crippen molar-refractivity contribution >= 4 is 11.9 Å². The third kappa shape index (κ3) is 2.51. The molecule has 90 valence electrons. The van der Waals surface area contributed by atoms with Gasteiger partial charge in [-0.05, 0) is 6.42 Å². The summed E-state index contributed by atoms with van der Waals surface area (Å²) in [6.45, 7) is 2.15. The molecule has 6 nitrogen and oxygen atoms in total. The Morgan fingerprint density at radius 2 is 2.25 bits per heavy atom. The highest BCUT2D eigenvalue weighted by molar-refractivity contribution is 5.80. The number of rotatable bonds is 3. The fourth-order valence-corrected chi connectivity index (χ4v) is 2.01. The van der Waals surface area contributed by atoms with E-state index in [9.17, 15) is 9.59 Å². The molecule has 1 amide bonds. The second-order valence-electron chi connectivity index (χ2n) is 3.95. The molecular weight excluding hydrogens is 214 g/mol. The van der Waals surface area contributed by atoms with Crippen molar-refractivity contribution in [2.24, 2.45) is 0 Å². The maximum atomic E-state index is 11.4. The highest BCUT2D eigenvalue weighted by Crippen LogP contribution is 2.26. The molecule has 0 aromatic heterocycles. The van der Waals surface area contributed by atoms with Crippen LogP contribution >= 0.6 is 0 Å². The van der Waals surface area contributed by atoms with Crippen molar-refractivity contribution in [3.05, 3.63) is 0 Å². The van der Waals surface area contributed by atoms with Crippen LogP contribution in [0.2, 0.25) is 0 Å². The Balaban J connectivity index is 1.77. The maximum absolute atomic E-state index is 11.4. The highest BCUT2D eigenvalue weighted by Gasteiger charge is 2.42. The first-order valence-corrected chi connectivity index (χ1v) is 5.33. The quantitative estimate of drug-likeness (QED) is 0.643. The van der Waals surface area contributed by atoms with Gasteiger partial charge in [-0.25, -0.2) is 0 Å². The van der Waals surface area contributed by atoms with Gasteiger partial charge < -0.3 is 19.5 Å². The van der Waals surface area contributed by atoms with Crippen molar-refractivity contribution in [2.45, 2.75) is 31.6 Å². The SMILES string of the molecule is CC(=O)OCC(=O)N[C@@H]1COC2CCOC21. The first kappa shape index (κ1) is 11.3. The third-order valence-electron chi connectivity index (χ3n) is 2.72. The molecule has 0 aromatic carbocycles. The van der Waals surface area contributed by atoms with Crippen LogP contribution in [0, 0.1) is 0 Å². The lowest BCUT2D eigenvalue weighted by atomic mass is 10.1. The number of ether oxygens (including phenoxy) is 3. The van der Waals surface area contributed by atoms with Crippen molar-refractivity contribution in [1.82, 2.24) is 5.32 Å². The molecule has 2 heterocycles. The number of fused-ring (bicyclic) bond motifs is 1. The van der Waals surface area contributed by atoms with E-state index < -0.39 is 5.97 Å². The van der Waals surface area contributed by atoms with E-state index in [4.69, 9.17) is 9.47 Å². The summed E-state index contributed by atoms with van der Waals surface area (Å²) in [5.74, 6) is -0.784. The van der Waals surface area contributed by atoms with Crippen LogP contribution in [0.25, 0.3) is 0 Å². The summed E-state index contributed by atoms with van der Waals surface area (Å²) in [6, 6.07) is -0.129. The predicted octanol–water partition coefficient (Wildman–Crippen LogP) is -0.778.